The fourth-order valence-electron chi connectivity index (χ4n) is 5.36. The first-order valence-corrected chi connectivity index (χ1v) is 13.1. The van der Waals surface area contributed by atoms with Crippen LogP contribution in [0.3, 0.4) is 0 Å². The molecule has 2 aliphatic carbocycles. The van der Waals surface area contributed by atoms with Gasteiger partial charge in [0.1, 0.15) is 23.1 Å². The molecule has 0 spiro atoms. The van der Waals surface area contributed by atoms with Gasteiger partial charge in [-0.1, -0.05) is 18.2 Å². The molecule has 6 rings (SSSR count). The number of amides is 1. The van der Waals surface area contributed by atoms with Crippen LogP contribution in [0.2, 0.25) is 0 Å². The van der Waals surface area contributed by atoms with Crippen molar-refractivity contribution < 1.29 is 30.8 Å². The van der Waals surface area contributed by atoms with Crippen molar-refractivity contribution in [2.45, 2.75) is 55.9 Å². The second kappa shape index (κ2) is 8.05. The van der Waals surface area contributed by atoms with E-state index in [0.717, 1.165) is 18.4 Å². The highest BCUT2D eigenvalue weighted by Crippen LogP contribution is 2.51. The minimum Gasteiger partial charge on any atom is -0.334 e. The maximum absolute atomic E-state index is 15.6. The molecule has 182 valence electrons. The fourth-order valence-corrected chi connectivity index (χ4v) is 6.19. The van der Waals surface area contributed by atoms with E-state index in [2.05, 4.69) is 4.72 Å². The molecule has 0 unspecified atom stereocenters. The van der Waals surface area contributed by atoms with Gasteiger partial charge in [-0.25, -0.2) is 30.7 Å². The van der Waals surface area contributed by atoms with Crippen molar-refractivity contribution in [2.24, 2.45) is 5.92 Å². The highest BCUT2D eigenvalue weighted by molar-refractivity contribution is 7.88. The first-order chi connectivity index (χ1) is 15.9. The van der Waals surface area contributed by atoms with Crippen LogP contribution in [-0.2, 0) is 21.2 Å². The van der Waals surface area contributed by atoms with Crippen molar-refractivity contribution in [3.8, 4) is 11.1 Å². The van der Waals surface area contributed by atoms with Crippen molar-refractivity contribution in [1.82, 2.24) is 9.62 Å². The van der Waals surface area contributed by atoms with Crippen molar-refractivity contribution in [3.63, 3.8) is 0 Å². The maximum Gasteiger partial charge on any atom is 0.226 e. The summed E-state index contributed by atoms with van der Waals surface area (Å²) in [5.74, 6) is -2.81. The van der Waals surface area contributed by atoms with E-state index >= 15 is 8.78 Å². The molecule has 2 heterocycles. The van der Waals surface area contributed by atoms with Gasteiger partial charge in [0.25, 0.3) is 0 Å². The van der Waals surface area contributed by atoms with Gasteiger partial charge in [0.05, 0.1) is 18.3 Å². The van der Waals surface area contributed by atoms with E-state index in [1.54, 1.807) is 4.90 Å². The molecular weight excluding hydrogens is 472 g/mol. The summed E-state index contributed by atoms with van der Waals surface area (Å²) in [6.45, 7) is 0. The SMILES string of the molecule is CS(=O)(=O)N[C@H]1[C@@H](Cc2cccc(-c3cc(F)cc(F)c3)c2F)N(C(=O)C2CC2)C2CC1(F)C2. The number of alkyl halides is 1. The number of hydrogen-bond donors (Lipinski definition) is 1. The Labute approximate surface area is 195 Å². The van der Waals surface area contributed by atoms with Crippen LogP contribution in [0.25, 0.3) is 11.1 Å². The number of carbonyl (C=O) groups excluding carboxylic acids is 1. The molecular formula is C24H24F4N2O3S. The topological polar surface area (TPSA) is 66.5 Å². The van der Waals surface area contributed by atoms with Crippen LogP contribution in [-0.4, -0.2) is 49.3 Å². The molecule has 2 aliphatic heterocycles. The molecule has 1 amide bonds. The van der Waals surface area contributed by atoms with Crippen molar-refractivity contribution in [3.05, 3.63) is 59.4 Å². The monoisotopic (exact) mass is 496 g/mol. The lowest BCUT2D eigenvalue weighted by atomic mass is 9.64. The number of rotatable bonds is 6. The van der Waals surface area contributed by atoms with Gasteiger partial charge >= 0.3 is 0 Å². The number of piperidine rings is 2. The Kier molecular flexibility index (Phi) is 5.51. The predicted octanol–water partition coefficient (Wildman–Crippen LogP) is 3.72. The van der Waals surface area contributed by atoms with E-state index in [1.807, 2.05) is 0 Å². The minimum absolute atomic E-state index is 0.00188. The Morgan fingerprint density at radius 3 is 2.35 bits per heavy atom. The highest BCUT2D eigenvalue weighted by atomic mass is 32.2. The van der Waals surface area contributed by atoms with Gasteiger partial charge in [-0.2, -0.15) is 0 Å². The van der Waals surface area contributed by atoms with Gasteiger partial charge in [-0.15, -0.1) is 0 Å². The summed E-state index contributed by atoms with van der Waals surface area (Å²) >= 11 is 0. The third-order valence-corrected chi connectivity index (χ3v) is 7.73. The number of carbonyl (C=O) groups is 1. The van der Waals surface area contributed by atoms with Crippen LogP contribution in [0.4, 0.5) is 17.6 Å². The lowest BCUT2D eigenvalue weighted by Crippen LogP contribution is -2.77. The number of nitrogens with one attached hydrogen (secondary N) is 1. The largest absolute Gasteiger partial charge is 0.334 e. The summed E-state index contributed by atoms with van der Waals surface area (Å²) in [5, 5.41) is 0. The van der Waals surface area contributed by atoms with Gasteiger partial charge in [0, 0.05) is 36.4 Å². The van der Waals surface area contributed by atoms with E-state index in [0.29, 0.717) is 18.9 Å². The average Bonchev–Trinajstić information content (AvgIpc) is 3.54. The molecule has 4 aliphatic rings. The van der Waals surface area contributed by atoms with Gasteiger partial charge in [0.15, 0.2) is 0 Å². The zero-order valence-corrected chi connectivity index (χ0v) is 19.2. The lowest BCUT2D eigenvalue weighted by molar-refractivity contribution is -0.168. The standard InChI is InChI=1S/C24H24F4N2O3S/c1-34(32,33)29-22-20(30(23(31)13-5-6-13)18-11-24(22,28)12-18)9-14-3-2-4-19(21(14)27)15-7-16(25)10-17(26)8-15/h2-4,7-8,10,13,18,20,22,29H,5-6,9,11-12H2,1H3/t18?,20-,22+,24?/m1/s1. The summed E-state index contributed by atoms with van der Waals surface area (Å²) < 4.78 is 85.1. The average molecular weight is 497 g/mol. The van der Waals surface area contributed by atoms with Crippen LogP contribution in [0.5, 0.6) is 0 Å². The van der Waals surface area contributed by atoms with Crippen molar-refractivity contribution >= 4 is 15.9 Å². The summed E-state index contributed by atoms with van der Waals surface area (Å²) in [6.07, 6.45) is 2.26. The van der Waals surface area contributed by atoms with Crippen LogP contribution < -0.4 is 4.72 Å². The lowest BCUT2D eigenvalue weighted by Gasteiger charge is -2.61. The molecule has 4 fully saturated rings. The smallest absolute Gasteiger partial charge is 0.226 e. The van der Waals surface area contributed by atoms with Crippen LogP contribution in [0.15, 0.2) is 36.4 Å². The molecule has 1 N–H and O–H groups in total. The van der Waals surface area contributed by atoms with Crippen LogP contribution in [0, 0.1) is 23.4 Å². The third kappa shape index (κ3) is 4.22. The van der Waals surface area contributed by atoms with Crippen LogP contribution >= 0.6 is 0 Å². The zero-order valence-electron chi connectivity index (χ0n) is 18.4. The molecule has 2 bridgehead atoms. The second-order valence-corrected chi connectivity index (χ2v) is 11.5. The Balaban J connectivity index is 1.54. The Morgan fingerprint density at radius 2 is 1.76 bits per heavy atom. The number of halogens is 4. The Hall–Kier alpha value is -2.46. The van der Waals surface area contributed by atoms with Gasteiger partial charge in [0.2, 0.25) is 15.9 Å². The number of fused-ring (bicyclic) bond motifs is 2. The van der Waals surface area contributed by atoms with E-state index < -0.39 is 45.2 Å². The van der Waals surface area contributed by atoms with Gasteiger partial charge in [-0.3, -0.25) is 4.79 Å². The molecule has 2 saturated carbocycles. The maximum atomic E-state index is 15.6. The van der Waals surface area contributed by atoms with E-state index in [1.165, 1.54) is 18.2 Å². The first-order valence-electron chi connectivity index (χ1n) is 11.2. The number of sulfonamides is 1. The molecule has 2 saturated heterocycles. The molecule has 0 aromatic heterocycles. The normalized spacial score (nSPS) is 28.5. The van der Waals surface area contributed by atoms with Crippen molar-refractivity contribution in [1.29, 1.82) is 0 Å². The molecule has 10 heteroatoms. The summed E-state index contributed by atoms with van der Waals surface area (Å²) in [6, 6.07) is 4.51. The van der Waals surface area contributed by atoms with Gasteiger partial charge < -0.3 is 4.90 Å². The summed E-state index contributed by atoms with van der Waals surface area (Å²) in [4.78, 5) is 14.7. The molecule has 34 heavy (non-hydrogen) atoms. The third-order valence-electron chi connectivity index (χ3n) is 7.05. The number of nitrogens with zero attached hydrogens (tertiary/aromatic N) is 1. The summed E-state index contributed by atoms with van der Waals surface area (Å²) in [7, 11) is -3.82. The second-order valence-electron chi connectivity index (χ2n) is 9.69. The predicted molar refractivity (Wildman–Crippen MR) is 117 cm³/mol. The number of benzene rings is 2. The zero-order chi connectivity index (χ0) is 24.4. The van der Waals surface area contributed by atoms with Crippen LogP contribution in [0.1, 0.15) is 31.2 Å². The molecule has 0 radical (unpaired) electrons. The fraction of sp³-hybridized carbons (Fsp3) is 0.458. The van der Waals surface area contributed by atoms with Gasteiger partial charge in [-0.05, 0) is 42.5 Å². The van der Waals surface area contributed by atoms with E-state index in [-0.39, 0.29) is 53.8 Å². The molecule has 5 nitrogen and oxygen atoms in total. The van der Waals surface area contributed by atoms with E-state index in [9.17, 15) is 22.0 Å². The summed E-state index contributed by atoms with van der Waals surface area (Å²) in [5.41, 5.74) is -1.77. The highest BCUT2D eigenvalue weighted by Gasteiger charge is 2.64. The molecule has 2 aromatic rings. The van der Waals surface area contributed by atoms with E-state index in [4.69, 9.17) is 0 Å². The molecule has 2 atom stereocenters. The first kappa shape index (κ1) is 23.3. The Bertz CT molecular complexity index is 1240. The quantitative estimate of drug-likeness (QED) is 0.620. The molecule has 2 aromatic carbocycles. The van der Waals surface area contributed by atoms with Crippen molar-refractivity contribution in [2.75, 3.05) is 6.26 Å². The Morgan fingerprint density at radius 1 is 1.12 bits per heavy atom. The minimum atomic E-state index is -3.82. The number of hydrogen-bond acceptors (Lipinski definition) is 3.